The summed E-state index contributed by atoms with van der Waals surface area (Å²) in [6.45, 7) is 4.82. The summed E-state index contributed by atoms with van der Waals surface area (Å²) in [5, 5.41) is 14.3. The number of hydrogen-bond donors (Lipinski definition) is 2. The monoisotopic (exact) mass is 338 g/mol. The second-order valence-electron chi connectivity index (χ2n) is 8.86. The topological polar surface area (TPSA) is 70.7 Å². The van der Waals surface area contributed by atoms with Crippen LogP contribution in [0.25, 0.3) is 5.57 Å². The number of rotatable bonds is 1. The first kappa shape index (κ1) is 15.4. The summed E-state index contributed by atoms with van der Waals surface area (Å²) in [5.41, 5.74) is 3.97. The average Bonchev–Trinajstić information content (AvgIpc) is 3.22. The largest absolute Gasteiger partial charge is 0.330 e. The molecule has 5 rings (SSSR count). The maximum Gasteiger partial charge on any atom is 0.224 e. The van der Waals surface area contributed by atoms with Gasteiger partial charge < -0.3 is 5.32 Å². The quantitative estimate of drug-likeness (QED) is 0.824. The highest BCUT2D eigenvalue weighted by molar-refractivity contribution is 5.79. The van der Waals surface area contributed by atoms with Gasteiger partial charge in [-0.1, -0.05) is 26.0 Å². The van der Waals surface area contributed by atoms with Gasteiger partial charge in [-0.05, 0) is 60.8 Å². The van der Waals surface area contributed by atoms with Gasteiger partial charge in [0.1, 0.15) is 5.69 Å². The molecule has 5 heteroatoms. The van der Waals surface area contributed by atoms with E-state index in [1.807, 2.05) is 6.20 Å². The van der Waals surface area contributed by atoms with Crippen molar-refractivity contribution in [3.8, 4) is 0 Å². The van der Waals surface area contributed by atoms with E-state index < -0.39 is 0 Å². The molecule has 4 aliphatic rings. The summed E-state index contributed by atoms with van der Waals surface area (Å²) in [6, 6.07) is 0. The van der Waals surface area contributed by atoms with Crippen LogP contribution in [0.2, 0.25) is 0 Å². The van der Waals surface area contributed by atoms with Crippen LogP contribution >= 0.6 is 0 Å². The highest BCUT2D eigenvalue weighted by Gasteiger charge is 2.57. The Morgan fingerprint density at radius 1 is 1.12 bits per heavy atom. The van der Waals surface area contributed by atoms with E-state index >= 15 is 0 Å². The number of aromatic nitrogens is 3. The Labute approximate surface area is 148 Å². The Hall–Kier alpha value is -1.91. The molecule has 1 aliphatic heterocycles. The molecule has 0 spiro atoms. The zero-order chi connectivity index (χ0) is 17.2. The minimum atomic E-state index is 0.148. The first-order chi connectivity index (χ1) is 12.0. The smallest absolute Gasteiger partial charge is 0.224 e. The van der Waals surface area contributed by atoms with Crippen LogP contribution in [0, 0.1) is 28.6 Å². The number of carbonyl (C=O) groups is 1. The van der Waals surface area contributed by atoms with Gasteiger partial charge in [0, 0.05) is 17.5 Å². The van der Waals surface area contributed by atoms with Crippen molar-refractivity contribution in [3.63, 3.8) is 0 Å². The van der Waals surface area contributed by atoms with Gasteiger partial charge >= 0.3 is 0 Å². The van der Waals surface area contributed by atoms with Gasteiger partial charge in [-0.25, -0.2) is 0 Å². The number of allylic oxidation sites excluding steroid dienone is 4. The van der Waals surface area contributed by atoms with E-state index in [1.54, 1.807) is 0 Å². The second kappa shape index (κ2) is 5.05. The molecule has 2 heterocycles. The summed E-state index contributed by atoms with van der Waals surface area (Å²) < 4.78 is 0. The van der Waals surface area contributed by atoms with Gasteiger partial charge in [0.15, 0.2) is 0 Å². The molecule has 1 aromatic rings. The van der Waals surface area contributed by atoms with Crippen LogP contribution in [-0.4, -0.2) is 21.3 Å². The average molecular weight is 338 g/mol. The molecule has 132 valence electrons. The molecule has 3 aliphatic carbocycles. The lowest BCUT2D eigenvalue weighted by Crippen LogP contribution is -2.52. The Bertz CT molecular complexity index is 780. The van der Waals surface area contributed by atoms with Crippen molar-refractivity contribution in [3.05, 3.63) is 29.7 Å². The molecule has 1 saturated carbocycles. The number of aromatic amines is 1. The van der Waals surface area contributed by atoms with Crippen LogP contribution < -0.4 is 5.32 Å². The first-order valence-electron chi connectivity index (χ1n) is 9.60. The summed E-state index contributed by atoms with van der Waals surface area (Å²) >= 11 is 0. The van der Waals surface area contributed by atoms with E-state index in [0.717, 1.165) is 25.0 Å². The van der Waals surface area contributed by atoms with Crippen LogP contribution in [0.3, 0.4) is 0 Å². The van der Waals surface area contributed by atoms with E-state index in [2.05, 4.69) is 46.7 Å². The molecule has 5 nitrogen and oxygen atoms in total. The molecule has 0 bridgehead atoms. The third kappa shape index (κ3) is 1.98. The summed E-state index contributed by atoms with van der Waals surface area (Å²) in [5.74, 6) is 2.24. The third-order valence-electron chi connectivity index (χ3n) is 7.88. The standard InChI is InChI=1S/C20H26N4O/c1-19-9-7-14-12(3-6-17-20(14,2)10-8-18(25)22-17)13(19)4-5-15(19)16-11-21-24-23-16/h5-6,11-14H,3-4,7-10H2,1-2H3,(H,22,25)(H,21,23,24)/t12-,13-,14-,19-,20+/m0/s1. The summed E-state index contributed by atoms with van der Waals surface area (Å²) in [6.07, 6.45) is 12.9. The Kier molecular flexibility index (Phi) is 3.10. The van der Waals surface area contributed by atoms with Crippen LogP contribution in [0.5, 0.6) is 0 Å². The molecule has 1 amide bonds. The maximum atomic E-state index is 11.9. The lowest BCUT2D eigenvalue weighted by Gasteiger charge is -2.56. The maximum absolute atomic E-state index is 11.9. The van der Waals surface area contributed by atoms with Crippen molar-refractivity contribution in [1.29, 1.82) is 0 Å². The van der Waals surface area contributed by atoms with Crippen LogP contribution in [0.4, 0.5) is 0 Å². The summed E-state index contributed by atoms with van der Waals surface area (Å²) in [7, 11) is 0. The van der Waals surface area contributed by atoms with Crippen LogP contribution in [0.1, 0.15) is 58.1 Å². The number of H-pyrrole nitrogens is 1. The van der Waals surface area contributed by atoms with E-state index in [9.17, 15) is 4.79 Å². The van der Waals surface area contributed by atoms with Crippen molar-refractivity contribution < 1.29 is 4.79 Å². The Balaban J connectivity index is 1.49. The van der Waals surface area contributed by atoms with Gasteiger partial charge in [-0.3, -0.25) is 4.79 Å². The number of hydrogen-bond acceptors (Lipinski definition) is 3. The number of carbonyl (C=O) groups excluding carboxylic acids is 1. The molecular weight excluding hydrogens is 312 g/mol. The second-order valence-corrected chi connectivity index (χ2v) is 8.86. The number of nitrogens with zero attached hydrogens (tertiary/aromatic N) is 2. The Morgan fingerprint density at radius 2 is 2.00 bits per heavy atom. The van der Waals surface area contributed by atoms with Crippen molar-refractivity contribution in [2.24, 2.45) is 28.6 Å². The predicted molar refractivity (Wildman–Crippen MR) is 95.0 cm³/mol. The van der Waals surface area contributed by atoms with Gasteiger partial charge in [-0.2, -0.15) is 15.4 Å². The van der Waals surface area contributed by atoms with Crippen molar-refractivity contribution in [2.45, 2.75) is 52.4 Å². The first-order valence-corrected chi connectivity index (χ1v) is 9.60. The van der Waals surface area contributed by atoms with E-state index in [1.165, 1.54) is 24.1 Å². The molecule has 25 heavy (non-hydrogen) atoms. The fraction of sp³-hybridized carbons (Fsp3) is 0.650. The van der Waals surface area contributed by atoms with Gasteiger partial charge in [0.2, 0.25) is 5.91 Å². The lowest BCUT2D eigenvalue weighted by atomic mass is 9.49. The van der Waals surface area contributed by atoms with E-state index in [4.69, 9.17) is 0 Å². The SMILES string of the molecule is C[C@]12CCC(=O)NC1=CC[C@@H]1[C@@H]2CC[C@]2(C)C(c3cn[nH]n3)=CC[C@@H]12. The normalized spacial score (nSPS) is 42.6. The van der Waals surface area contributed by atoms with Crippen molar-refractivity contribution in [2.75, 3.05) is 0 Å². The van der Waals surface area contributed by atoms with Gasteiger partial charge in [-0.15, -0.1) is 0 Å². The number of amides is 1. The third-order valence-corrected chi connectivity index (χ3v) is 7.88. The highest BCUT2D eigenvalue weighted by atomic mass is 16.1. The number of fused-ring (bicyclic) bond motifs is 5. The number of nitrogens with one attached hydrogen (secondary N) is 2. The lowest BCUT2D eigenvalue weighted by molar-refractivity contribution is -0.124. The molecule has 1 saturated heterocycles. The molecule has 1 aromatic heterocycles. The van der Waals surface area contributed by atoms with Crippen molar-refractivity contribution in [1.82, 2.24) is 20.7 Å². The zero-order valence-corrected chi connectivity index (χ0v) is 15.0. The fourth-order valence-electron chi connectivity index (χ4n) is 6.49. The zero-order valence-electron chi connectivity index (χ0n) is 15.0. The number of piperidine rings is 1. The van der Waals surface area contributed by atoms with E-state index in [-0.39, 0.29) is 16.7 Å². The molecule has 0 radical (unpaired) electrons. The Morgan fingerprint density at radius 3 is 2.80 bits per heavy atom. The molecular formula is C20H26N4O. The van der Waals surface area contributed by atoms with Crippen LogP contribution in [-0.2, 0) is 4.79 Å². The molecule has 0 unspecified atom stereocenters. The van der Waals surface area contributed by atoms with Gasteiger partial charge in [0.05, 0.1) is 6.20 Å². The molecule has 2 N–H and O–H groups in total. The van der Waals surface area contributed by atoms with Crippen molar-refractivity contribution >= 4 is 11.5 Å². The van der Waals surface area contributed by atoms with E-state index in [0.29, 0.717) is 24.2 Å². The predicted octanol–water partition coefficient (Wildman–Crippen LogP) is 3.44. The summed E-state index contributed by atoms with van der Waals surface area (Å²) in [4.78, 5) is 11.9. The fourth-order valence-corrected chi connectivity index (χ4v) is 6.49. The molecule has 5 atom stereocenters. The minimum absolute atomic E-state index is 0.148. The molecule has 2 fully saturated rings. The molecule has 0 aromatic carbocycles. The highest BCUT2D eigenvalue weighted by Crippen LogP contribution is 2.65. The van der Waals surface area contributed by atoms with Crippen LogP contribution in [0.15, 0.2) is 24.0 Å². The minimum Gasteiger partial charge on any atom is -0.330 e. The van der Waals surface area contributed by atoms with Gasteiger partial charge in [0.25, 0.3) is 0 Å².